The zero-order valence-corrected chi connectivity index (χ0v) is 28.0. The highest BCUT2D eigenvalue weighted by molar-refractivity contribution is 6.24. The Balaban J connectivity index is 1.34. The van der Waals surface area contributed by atoms with E-state index in [-0.39, 0.29) is 0 Å². The van der Waals surface area contributed by atoms with Gasteiger partial charge in [-0.1, -0.05) is 158 Å². The molecule has 0 saturated carbocycles. The molecule has 0 saturated heterocycles. The molecular weight excluding hydrogens is 635 g/mol. The van der Waals surface area contributed by atoms with Gasteiger partial charge in [-0.05, 0) is 34.4 Å². The molecule has 0 spiro atoms. The lowest BCUT2D eigenvalue weighted by Crippen LogP contribution is -2.07. The lowest BCUT2D eigenvalue weighted by Gasteiger charge is -2.16. The summed E-state index contributed by atoms with van der Waals surface area (Å²) in [5.74, 6) is 1.83. The molecule has 242 valence electrons. The van der Waals surface area contributed by atoms with Gasteiger partial charge in [0.15, 0.2) is 11.6 Å². The van der Waals surface area contributed by atoms with Gasteiger partial charge in [0, 0.05) is 38.1 Å². The minimum absolute atomic E-state index is 0.576. The van der Waals surface area contributed by atoms with E-state index in [0.717, 1.165) is 49.7 Å². The second-order valence-corrected chi connectivity index (χ2v) is 13.2. The quantitative estimate of drug-likeness (QED) is 0.176. The molecule has 0 bridgehead atoms. The summed E-state index contributed by atoms with van der Waals surface area (Å²) in [6.45, 7) is 0. The number of rotatable bonds is 4. The summed E-state index contributed by atoms with van der Waals surface area (Å²) in [4.78, 5) is 15.5. The first-order valence-corrected chi connectivity index (χ1v) is 17.6. The molecule has 5 nitrogen and oxygen atoms in total. The number of hydrogen-bond acceptors (Lipinski definition) is 3. The number of nitrogens with zero attached hydrogens (tertiary/aromatic N) is 5. The van der Waals surface area contributed by atoms with Crippen molar-refractivity contribution in [1.82, 2.24) is 24.1 Å². The Hall–Kier alpha value is -7.11. The molecule has 11 rings (SSSR count). The van der Waals surface area contributed by atoms with Gasteiger partial charge < -0.3 is 4.57 Å². The zero-order valence-electron chi connectivity index (χ0n) is 28.0. The standard InChI is InChI=1S/C47H29N5/c1-3-15-30(16-4-1)45-48-46(31-17-5-2-6-18-31)50-47(49-45)52-41-26-14-12-24-37(41)39-28-27-38-36-23-11-13-25-40(36)51(43(38)44(39)52)42-29-32-19-7-8-20-33(32)34-21-9-10-22-35(34)42/h1-29H. The molecule has 3 aromatic heterocycles. The summed E-state index contributed by atoms with van der Waals surface area (Å²) < 4.78 is 4.72. The van der Waals surface area contributed by atoms with Gasteiger partial charge in [0.05, 0.1) is 27.8 Å². The van der Waals surface area contributed by atoms with E-state index in [4.69, 9.17) is 15.0 Å². The van der Waals surface area contributed by atoms with E-state index in [0.29, 0.717) is 17.6 Å². The normalized spacial score (nSPS) is 11.8. The van der Waals surface area contributed by atoms with Crippen LogP contribution in [-0.4, -0.2) is 24.1 Å². The van der Waals surface area contributed by atoms with Gasteiger partial charge in [-0.3, -0.25) is 4.57 Å². The van der Waals surface area contributed by atoms with E-state index in [9.17, 15) is 0 Å². The van der Waals surface area contributed by atoms with Gasteiger partial charge >= 0.3 is 0 Å². The first kappa shape index (κ1) is 28.7. The van der Waals surface area contributed by atoms with Crippen molar-refractivity contribution in [3.05, 3.63) is 176 Å². The lowest BCUT2D eigenvalue weighted by atomic mass is 10.00. The van der Waals surface area contributed by atoms with E-state index in [1.807, 2.05) is 36.4 Å². The van der Waals surface area contributed by atoms with Gasteiger partial charge in [0.1, 0.15) is 0 Å². The van der Waals surface area contributed by atoms with Crippen LogP contribution in [0.25, 0.3) is 99.6 Å². The molecule has 0 unspecified atom stereocenters. The van der Waals surface area contributed by atoms with Crippen LogP contribution in [0.4, 0.5) is 0 Å². The fourth-order valence-electron chi connectivity index (χ4n) is 8.08. The topological polar surface area (TPSA) is 48.5 Å². The molecule has 0 fully saturated rings. The highest BCUT2D eigenvalue weighted by atomic mass is 15.2. The van der Waals surface area contributed by atoms with Crippen molar-refractivity contribution in [1.29, 1.82) is 0 Å². The van der Waals surface area contributed by atoms with E-state index < -0.39 is 0 Å². The fraction of sp³-hybridized carbons (Fsp3) is 0. The van der Waals surface area contributed by atoms with E-state index >= 15 is 0 Å². The molecule has 0 amide bonds. The third-order valence-electron chi connectivity index (χ3n) is 10.3. The van der Waals surface area contributed by atoms with Crippen LogP contribution >= 0.6 is 0 Å². The summed E-state index contributed by atoms with van der Waals surface area (Å²) in [6.07, 6.45) is 0. The molecule has 0 N–H and O–H groups in total. The Bertz CT molecular complexity index is 3120. The summed E-state index contributed by atoms with van der Waals surface area (Å²) >= 11 is 0. The van der Waals surface area contributed by atoms with Gasteiger partial charge in [-0.2, -0.15) is 9.97 Å². The predicted molar refractivity (Wildman–Crippen MR) is 214 cm³/mol. The minimum Gasteiger partial charge on any atom is -0.307 e. The molecule has 11 aromatic rings. The highest BCUT2D eigenvalue weighted by Crippen LogP contribution is 2.43. The van der Waals surface area contributed by atoms with Gasteiger partial charge in [0.25, 0.3) is 0 Å². The number of hydrogen-bond donors (Lipinski definition) is 0. The molecule has 0 radical (unpaired) electrons. The van der Waals surface area contributed by atoms with Crippen LogP contribution in [0.5, 0.6) is 0 Å². The monoisotopic (exact) mass is 663 g/mol. The molecule has 8 aromatic carbocycles. The van der Waals surface area contributed by atoms with Crippen molar-refractivity contribution >= 4 is 65.2 Å². The van der Waals surface area contributed by atoms with Crippen LogP contribution in [0, 0.1) is 0 Å². The van der Waals surface area contributed by atoms with Crippen LogP contribution < -0.4 is 0 Å². The number of fused-ring (bicyclic) bond motifs is 10. The Morgan fingerprint density at radius 1 is 0.327 bits per heavy atom. The zero-order chi connectivity index (χ0) is 34.2. The number of aromatic nitrogens is 5. The average Bonchev–Trinajstić information content (AvgIpc) is 3.74. The maximum Gasteiger partial charge on any atom is 0.238 e. The van der Waals surface area contributed by atoms with Gasteiger partial charge in [-0.25, -0.2) is 4.98 Å². The molecule has 3 heterocycles. The smallest absolute Gasteiger partial charge is 0.238 e. The van der Waals surface area contributed by atoms with Crippen molar-refractivity contribution in [2.75, 3.05) is 0 Å². The second kappa shape index (κ2) is 11.2. The third kappa shape index (κ3) is 4.20. The second-order valence-electron chi connectivity index (χ2n) is 13.2. The highest BCUT2D eigenvalue weighted by Gasteiger charge is 2.24. The van der Waals surface area contributed by atoms with Crippen LogP contribution in [-0.2, 0) is 0 Å². The van der Waals surface area contributed by atoms with Crippen molar-refractivity contribution in [2.24, 2.45) is 0 Å². The van der Waals surface area contributed by atoms with Gasteiger partial charge in [-0.15, -0.1) is 0 Å². The summed E-state index contributed by atoms with van der Waals surface area (Å²) in [7, 11) is 0. The molecule has 0 aliphatic carbocycles. The van der Waals surface area contributed by atoms with E-state index in [2.05, 4.69) is 149 Å². The fourth-order valence-corrected chi connectivity index (χ4v) is 8.08. The third-order valence-corrected chi connectivity index (χ3v) is 10.3. The minimum atomic E-state index is 0.576. The molecule has 5 heteroatoms. The molecule has 0 aliphatic heterocycles. The van der Waals surface area contributed by atoms with Crippen molar-refractivity contribution in [3.8, 4) is 34.4 Å². The number of benzene rings is 8. The van der Waals surface area contributed by atoms with Crippen LogP contribution in [0.15, 0.2) is 176 Å². The number of para-hydroxylation sites is 2. The summed E-state index contributed by atoms with van der Waals surface area (Å²) in [5.41, 5.74) is 7.35. The maximum atomic E-state index is 5.26. The molecular formula is C47H29N5. The lowest BCUT2D eigenvalue weighted by molar-refractivity contribution is 0.953. The molecule has 0 aliphatic rings. The Morgan fingerprint density at radius 2 is 0.788 bits per heavy atom. The van der Waals surface area contributed by atoms with Crippen LogP contribution in [0.3, 0.4) is 0 Å². The largest absolute Gasteiger partial charge is 0.307 e. The molecule has 0 atom stereocenters. The van der Waals surface area contributed by atoms with Crippen LogP contribution in [0.2, 0.25) is 0 Å². The van der Waals surface area contributed by atoms with Gasteiger partial charge in [0.2, 0.25) is 5.95 Å². The van der Waals surface area contributed by atoms with Crippen molar-refractivity contribution in [2.45, 2.75) is 0 Å². The van der Waals surface area contributed by atoms with E-state index in [1.165, 1.54) is 32.3 Å². The van der Waals surface area contributed by atoms with Crippen molar-refractivity contribution < 1.29 is 0 Å². The Morgan fingerprint density at radius 3 is 1.40 bits per heavy atom. The Kier molecular flexibility index (Phi) is 6.18. The average molecular weight is 664 g/mol. The first-order valence-electron chi connectivity index (χ1n) is 17.6. The predicted octanol–water partition coefficient (Wildman–Crippen LogP) is 11.7. The SMILES string of the molecule is c1ccc(-c2nc(-c3ccccc3)nc(-n3c4ccccc4c4ccc5c6ccccc6n(-c6cc7ccccc7c7ccccc67)c5c43)n2)cc1. The Labute approximate surface area is 298 Å². The summed E-state index contributed by atoms with van der Waals surface area (Å²) in [5, 5.41) is 9.51. The molecule has 52 heavy (non-hydrogen) atoms. The van der Waals surface area contributed by atoms with Crippen LogP contribution in [0.1, 0.15) is 0 Å². The van der Waals surface area contributed by atoms with E-state index in [1.54, 1.807) is 0 Å². The van der Waals surface area contributed by atoms with Crippen molar-refractivity contribution in [3.63, 3.8) is 0 Å². The summed E-state index contributed by atoms with van der Waals surface area (Å²) in [6, 6.07) is 62.0. The first-order chi connectivity index (χ1) is 25.8. The maximum absolute atomic E-state index is 5.26.